The molecule has 0 unspecified atom stereocenters. The molecule has 0 aliphatic heterocycles. The van der Waals surface area contributed by atoms with E-state index in [4.69, 9.17) is 4.74 Å². The maximum Gasteiger partial charge on any atom is 0.252 e. The highest BCUT2D eigenvalue weighted by molar-refractivity contribution is 5.63. The van der Waals surface area contributed by atoms with Crippen LogP contribution in [-0.2, 0) is 0 Å². The monoisotopic (exact) mass is 309 g/mol. The number of aromatic nitrogens is 2. The lowest BCUT2D eigenvalue weighted by Gasteiger charge is -2.08. The molecule has 3 rings (SSSR count). The van der Waals surface area contributed by atoms with Crippen LogP contribution in [-0.4, -0.2) is 22.2 Å². The third kappa shape index (κ3) is 3.49. The molecule has 6 nitrogen and oxygen atoms in total. The summed E-state index contributed by atoms with van der Waals surface area (Å²) in [5, 5.41) is 12.5. The number of anilines is 2. The van der Waals surface area contributed by atoms with Crippen molar-refractivity contribution >= 4 is 11.6 Å². The molecule has 3 N–H and O–H groups in total. The number of ether oxygens (including phenoxy) is 1. The van der Waals surface area contributed by atoms with E-state index in [1.165, 1.54) is 12.1 Å². The van der Waals surface area contributed by atoms with Crippen LogP contribution in [0, 0.1) is 0 Å². The molecule has 0 atom stereocenters. The SMILES string of the molecule is COc1cccc(-c2cc(=O)[nH]c(Nc3cccc(O)c3)n2)c1. The van der Waals surface area contributed by atoms with Gasteiger partial charge in [-0.15, -0.1) is 0 Å². The van der Waals surface area contributed by atoms with Crippen molar-refractivity contribution in [1.82, 2.24) is 9.97 Å². The number of H-pyrrole nitrogens is 1. The zero-order valence-corrected chi connectivity index (χ0v) is 12.4. The molecular formula is C17H15N3O3. The number of rotatable bonds is 4. The molecule has 0 spiro atoms. The summed E-state index contributed by atoms with van der Waals surface area (Å²) >= 11 is 0. The van der Waals surface area contributed by atoms with Crippen molar-refractivity contribution in [3.05, 3.63) is 65.0 Å². The molecule has 0 saturated carbocycles. The summed E-state index contributed by atoms with van der Waals surface area (Å²) in [4.78, 5) is 18.9. The van der Waals surface area contributed by atoms with E-state index in [9.17, 15) is 9.90 Å². The van der Waals surface area contributed by atoms with Gasteiger partial charge in [0.1, 0.15) is 11.5 Å². The van der Waals surface area contributed by atoms with E-state index in [1.807, 2.05) is 18.2 Å². The lowest BCUT2D eigenvalue weighted by molar-refractivity contribution is 0.415. The summed E-state index contributed by atoms with van der Waals surface area (Å²) in [5.74, 6) is 1.11. The Hall–Kier alpha value is -3.28. The van der Waals surface area contributed by atoms with Gasteiger partial charge in [-0.3, -0.25) is 9.78 Å². The topological polar surface area (TPSA) is 87.2 Å². The fourth-order valence-corrected chi connectivity index (χ4v) is 2.17. The van der Waals surface area contributed by atoms with Crippen molar-refractivity contribution in [2.24, 2.45) is 0 Å². The van der Waals surface area contributed by atoms with Crippen LogP contribution >= 0.6 is 0 Å². The lowest BCUT2D eigenvalue weighted by atomic mass is 10.1. The van der Waals surface area contributed by atoms with Crippen LogP contribution in [0.25, 0.3) is 11.3 Å². The van der Waals surface area contributed by atoms with Crippen molar-refractivity contribution in [2.75, 3.05) is 12.4 Å². The average Bonchev–Trinajstić information content (AvgIpc) is 2.54. The van der Waals surface area contributed by atoms with Crippen LogP contribution in [0.2, 0.25) is 0 Å². The third-order valence-corrected chi connectivity index (χ3v) is 3.22. The Morgan fingerprint density at radius 1 is 1.13 bits per heavy atom. The molecule has 6 heteroatoms. The van der Waals surface area contributed by atoms with Gasteiger partial charge in [-0.25, -0.2) is 4.98 Å². The minimum Gasteiger partial charge on any atom is -0.508 e. The number of nitrogens with one attached hydrogen (secondary N) is 2. The zero-order valence-electron chi connectivity index (χ0n) is 12.4. The Bertz CT molecular complexity index is 890. The number of benzene rings is 2. The molecule has 0 radical (unpaired) electrons. The van der Waals surface area contributed by atoms with Gasteiger partial charge in [0.25, 0.3) is 5.56 Å². The van der Waals surface area contributed by atoms with Gasteiger partial charge in [0.2, 0.25) is 5.95 Å². The quantitative estimate of drug-likeness (QED) is 0.690. The maximum atomic E-state index is 11.9. The smallest absolute Gasteiger partial charge is 0.252 e. The van der Waals surface area contributed by atoms with Gasteiger partial charge in [0.15, 0.2) is 0 Å². The zero-order chi connectivity index (χ0) is 16.2. The van der Waals surface area contributed by atoms with Crippen molar-refractivity contribution in [3.63, 3.8) is 0 Å². The molecular weight excluding hydrogens is 294 g/mol. The van der Waals surface area contributed by atoms with Crippen molar-refractivity contribution < 1.29 is 9.84 Å². The molecule has 0 amide bonds. The molecule has 0 aliphatic rings. The van der Waals surface area contributed by atoms with Crippen molar-refractivity contribution in [3.8, 4) is 22.8 Å². The van der Waals surface area contributed by atoms with Gasteiger partial charge in [0, 0.05) is 23.4 Å². The predicted octanol–water partition coefficient (Wildman–Crippen LogP) is 2.89. The molecule has 23 heavy (non-hydrogen) atoms. The Kier molecular flexibility index (Phi) is 3.97. The predicted molar refractivity (Wildman–Crippen MR) is 88.2 cm³/mol. The number of aromatic hydroxyl groups is 1. The molecule has 1 heterocycles. The van der Waals surface area contributed by atoms with Crippen LogP contribution < -0.4 is 15.6 Å². The summed E-state index contributed by atoms with van der Waals surface area (Å²) in [6, 6.07) is 15.3. The summed E-state index contributed by atoms with van der Waals surface area (Å²) < 4.78 is 5.19. The van der Waals surface area contributed by atoms with E-state index < -0.39 is 0 Å². The van der Waals surface area contributed by atoms with E-state index in [2.05, 4.69) is 15.3 Å². The Labute approximate surface area is 132 Å². The number of phenols is 1. The van der Waals surface area contributed by atoms with Gasteiger partial charge >= 0.3 is 0 Å². The Morgan fingerprint density at radius 2 is 1.96 bits per heavy atom. The van der Waals surface area contributed by atoms with E-state index in [-0.39, 0.29) is 11.3 Å². The maximum absolute atomic E-state index is 11.9. The summed E-state index contributed by atoms with van der Waals surface area (Å²) in [5.41, 5.74) is 1.64. The highest BCUT2D eigenvalue weighted by Crippen LogP contribution is 2.23. The van der Waals surface area contributed by atoms with Crippen molar-refractivity contribution in [1.29, 1.82) is 0 Å². The first kappa shape index (κ1) is 14.6. The third-order valence-electron chi connectivity index (χ3n) is 3.22. The van der Waals surface area contributed by atoms with Crippen LogP contribution in [0.1, 0.15) is 0 Å². The number of phenolic OH excluding ortho intramolecular Hbond substituents is 1. The van der Waals surface area contributed by atoms with E-state index in [1.54, 1.807) is 31.4 Å². The van der Waals surface area contributed by atoms with Crippen LogP contribution in [0.3, 0.4) is 0 Å². The molecule has 3 aromatic rings. The molecule has 0 saturated heterocycles. The van der Waals surface area contributed by atoms with Gasteiger partial charge in [-0.2, -0.15) is 0 Å². The largest absolute Gasteiger partial charge is 0.508 e. The number of aromatic amines is 1. The van der Waals surface area contributed by atoms with Gasteiger partial charge in [-0.1, -0.05) is 18.2 Å². The fraction of sp³-hybridized carbons (Fsp3) is 0.0588. The molecule has 0 bridgehead atoms. The van der Waals surface area contributed by atoms with Gasteiger partial charge in [0.05, 0.1) is 12.8 Å². The lowest BCUT2D eigenvalue weighted by Crippen LogP contribution is -2.10. The second-order valence-electron chi connectivity index (χ2n) is 4.89. The number of nitrogens with zero attached hydrogens (tertiary/aromatic N) is 1. The summed E-state index contributed by atoms with van der Waals surface area (Å²) in [7, 11) is 1.58. The second kappa shape index (κ2) is 6.23. The minimum atomic E-state index is -0.277. The highest BCUT2D eigenvalue weighted by Gasteiger charge is 2.06. The molecule has 0 aliphatic carbocycles. The van der Waals surface area contributed by atoms with Gasteiger partial charge < -0.3 is 15.2 Å². The summed E-state index contributed by atoms with van der Waals surface area (Å²) in [6.07, 6.45) is 0. The number of hydrogen-bond acceptors (Lipinski definition) is 5. The minimum absolute atomic E-state index is 0.126. The summed E-state index contributed by atoms with van der Waals surface area (Å²) in [6.45, 7) is 0. The molecule has 1 aromatic heterocycles. The Balaban J connectivity index is 1.97. The molecule has 2 aromatic carbocycles. The highest BCUT2D eigenvalue weighted by atomic mass is 16.5. The van der Waals surface area contributed by atoms with Crippen LogP contribution in [0.5, 0.6) is 11.5 Å². The number of hydrogen-bond donors (Lipinski definition) is 3. The standard InChI is InChI=1S/C17H15N3O3/c1-23-14-7-2-4-11(8-14)15-10-16(22)20-17(19-15)18-12-5-3-6-13(21)9-12/h2-10,21H,1H3,(H2,18,19,20,22). The first-order chi connectivity index (χ1) is 11.1. The normalized spacial score (nSPS) is 10.3. The fourth-order valence-electron chi connectivity index (χ4n) is 2.17. The average molecular weight is 309 g/mol. The number of methoxy groups -OCH3 is 1. The second-order valence-corrected chi connectivity index (χ2v) is 4.89. The molecule has 0 fully saturated rings. The van der Waals surface area contributed by atoms with Gasteiger partial charge in [-0.05, 0) is 24.3 Å². The van der Waals surface area contributed by atoms with Crippen molar-refractivity contribution in [2.45, 2.75) is 0 Å². The molecule has 116 valence electrons. The first-order valence-electron chi connectivity index (χ1n) is 6.96. The Morgan fingerprint density at radius 3 is 2.74 bits per heavy atom. The van der Waals surface area contributed by atoms with Crippen LogP contribution in [0.4, 0.5) is 11.6 Å². The van der Waals surface area contributed by atoms with E-state index in [0.717, 1.165) is 5.56 Å². The van der Waals surface area contributed by atoms with E-state index >= 15 is 0 Å². The first-order valence-corrected chi connectivity index (χ1v) is 6.96. The van der Waals surface area contributed by atoms with E-state index in [0.29, 0.717) is 23.1 Å². The van der Waals surface area contributed by atoms with Crippen LogP contribution in [0.15, 0.2) is 59.4 Å².